The molecule has 0 atom stereocenters. The summed E-state index contributed by atoms with van der Waals surface area (Å²) in [6.45, 7) is 2.46. The lowest BCUT2D eigenvalue weighted by atomic mass is 10.2. The van der Waals surface area contributed by atoms with E-state index in [1.165, 1.54) is 29.6 Å². The second kappa shape index (κ2) is 10.7. The summed E-state index contributed by atoms with van der Waals surface area (Å²) >= 11 is 1.03. The first kappa shape index (κ1) is 24.4. The van der Waals surface area contributed by atoms with Crippen LogP contribution in [0.4, 0.5) is 14.6 Å². The van der Waals surface area contributed by atoms with Crippen molar-refractivity contribution in [1.82, 2.24) is 19.2 Å². The van der Waals surface area contributed by atoms with Crippen LogP contribution in [0.5, 0.6) is 5.88 Å². The molecule has 0 bridgehead atoms. The monoisotopic (exact) mass is 511 g/mol. The molecule has 2 aromatic heterocycles. The molecule has 0 unspecified atom stereocenters. The molecular weight excluding hydrogens is 488 g/mol. The minimum Gasteiger partial charge on any atom is -0.481 e. The van der Waals surface area contributed by atoms with E-state index in [-0.39, 0.29) is 28.2 Å². The third-order valence-electron chi connectivity index (χ3n) is 5.17. The zero-order valence-corrected chi connectivity index (χ0v) is 19.9. The summed E-state index contributed by atoms with van der Waals surface area (Å²) < 4.78 is 67.3. The first-order valence-electron chi connectivity index (χ1n) is 10.3. The summed E-state index contributed by atoms with van der Waals surface area (Å²) in [5, 5.41) is 0.158. The van der Waals surface area contributed by atoms with Gasteiger partial charge in [-0.25, -0.2) is 13.8 Å². The molecule has 1 saturated heterocycles. The maximum Gasteiger partial charge on any atom is 0.302 e. The van der Waals surface area contributed by atoms with Gasteiger partial charge in [-0.05, 0) is 12.1 Å². The fourth-order valence-corrected chi connectivity index (χ4v) is 5.36. The number of hydrogen-bond donors (Lipinski definition) is 1. The van der Waals surface area contributed by atoms with Gasteiger partial charge in [-0.15, -0.1) is 0 Å². The van der Waals surface area contributed by atoms with Gasteiger partial charge in [0.1, 0.15) is 5.82 Å². The van der Waals surface area contributed by atoms with Gasteiger partial charge < -0.3 is 9.15 Å². The second-order valence-corrected chi connectivity index (χ2v) is 10.1. The van der Waals surface area contributed by atoms with E-state index >= 15 is 0 Å². The van der Waals surface area contributed by atoms with E-state index < -0.39 is 21.8 Å². The number of nitrogens with zero attached hydrogens (tertiary/aromatic N) is 4. The quantitative estimate of drug-likeness (QED) is 0.346. The Balaban J connectivity index is 1.40. The molecule has 0 radical (unpaired) electrons. The van der Waals surface area contributed by atoms with Gasteiger partial charge in [-0.3, -0.25) is 9.62 Å². The molecule has 1 aliphatic rings. The molecule has 0 amide bonds. The molecule has 4 rings (SSSR count). The van der Waals surface area contributed by atoms with Crippen LogP contribution in [-0.4, -0.2) is 60.9 Å². The normalized spacial score (nSPS) is 15.4. The molecule has 34 heavy (non-hydrogen) atoms. The van der Waals surface area contributed by atoms with Crippen LogP contribution in [0.15, 0.2) is 52.4 Å². The van der Waals surface area contributed by atoms with Crippen LogP contribution in [0.3, 0.4) is 0 Å². The predicted octanol–water partition coefficient (Wildman–Crippen LogP) is 3.12. The molecule has 1 aliphatic heterocycles. The maximum atomic E-state index is 13.9. The molecule has 1 aromatic carbocycles. The number of halogens is 2. The molecule has 1 fully saturated rings. The zero-order valence-electron chi connectivity index (χ0n) is 18.3. The average molecular weight is 512 g/mol. The molecule has 0 saturated carbocycles. The SMILES string of the molecule is COc1cc(NS(=O)(=O)N2CCN(Cc3ccoc3)CC2)nc(SCc2cccc(F)c2F)n1. The van der Waals surface area contributed by atoms with E-state index in [1.54, 1.807) is 12.5 Å². The van der Waals surface area contributed by atoms with Crippen molar-refractivity contribution in [3.05, 3.63) is 65.6 Å². The van der Waals surface area contributed by atoms with Crippen molar-refractivity contribution >= 4 is 27.8 Å². The summed E-state index contributed by atoms with van der Waals surface area (Å²) in [7, 11) is -2.48. The first-order chi connectivity index (χ1) is 16.3. The number of hydrogen-bond acceptors (Lipinski definition) is 8. The molecule has 3 aromatic rings. The zero-order chi connectivity index (χ0) is 24.1. The summed E-state index contributed by atoms with van der Waals surface area (Å²) in [5.74, 6) is -1.66. The van der Waals surface area contributed by atoms with Crippen molar-refractivity contribution in [2.45, 2.75) is 17.5 Å². The number of benzene rings is 1. The summed E-state index contributed by atoms with van der Waals surface area (Å²) in [5.41, 5.74) is 1.18. The van der Waals surface area contributed by atoms with E-state index in [0.29, 0.717) is 32.7 Å². The Kier molecular flexibility index (Phi) is 7.66. The average Bonchev–Trinajstić information content (AvgIpc) is 3.33. The second-order valence-electron chi connectivity index (χ2n) is 7.49. The molecular formula is C21H23F2N5O4S2. The third-order valence-corrected chi connectivity index (χ3v) is 7.58. The molecule has 3 heterocycles. The number of furan rings is 1. The van der Waals surface area contributed by atoms with Crippen molar-refractivity contribution in [2.24, 2.45) is 0 Å². The molecule has 182 valence electrons. The summed E-state index contributed by atoms with van der Waals surface area (Å²) in [6.07, 6.45) is 3.28. The third kappa shape index (κ3) is 6.03. The molecule has 0 spiro atoms. The van der Waals surface area contributed by atoms with E-state index in [4.69, 9.17) is 9.15 Å². The number of rotatable bonds is 9. The highest BCUT2D eigenvalue weighted by Crippen LogP contribution is 2.26. The van der Waals surface area contributed by atoms with Crippen LogP contribution in [-0.2, 0) is 22.5 Å². The van der Waals surface area contributed by atoms with Gasteiger partial charge in [-0.1, -0.05) is 23.9 Å². The first-order valence-corrected chi connectivity index (χ1v) is 12.8. The maximum absolute atomic E-state index is 13.9. The van der Waals surface area contributed by atoms with E-state index in [0.717, 1.165) is 23.4 Å². The fourth-order valence-electron chi connectivity index (χ4n) is 3.39. The molecule has 1 N–H and O–H groups in total. The van der Waals surface area contributed by atoms with Crippen molar-refractivity contribution in [3.8, 4) is 5.88 Å². The molecule has 9 nitrogen and oxygen atoms in total. The Morgan fingerprint density at radius 1 is 1.18 bits per heavy atom. The number of anilines is 1. The number of piperazine rings is 1. The number of nitrogens with one attached hydrogen (secondary N) is 1. The fraction of sp³-hybridized carbons (Fsp3) is 0.333. The molecule has 13 heteroatoms. The Bertz CT molecular complexity index is 1220. The summed E-state index contributed by atoms with van der Waals surface area (Å²) in [4.78, 5) is 10.5. The van der Waals surface area contributed by atoms with Crippen molar-refractivity contribution in [1.29, 1.82) is 0 Å². The lowest BCUT2D eigenvalue weighted by molar-refractivity contribution is 0.182. The highest BCUT2D eigenvalue weighted by Gasteiger charge is 2.28. The highest BCUT2D eigenvalue weighted by atomic mass is 32.2. The van der Waals surface area contributed by atoms with Crippen LogP contribution in [0, 0.1) is 11.6 Å². The highest BCUT2D eigenvalue weighted by molar-refractivity contribution is 7.98. The lowest BCUT2D eigenvalue weighted by Crippen LogP contribution is -2.49. The number of methoxy groups -OCH3 is 1. The van der Waals surface area contributed by atoms with Crippen LogP contribution in [0.25, 0.3) is 0 Å². The Morgan fingerprint density at radius 2 is 1.97 bits per heavy atom. The lowest BCUT2D eigenvalue weighted by Gasteiger charge is -2.33. The van der Waals surface area contributed by atoms with E-state index in [2.05, 4.69) is 19.6 Å². The number of ether oxygens (including phenoxy) is 1. The van der Waals surface area contributed by atoms with Crippen molar-refractivity contribution < 1.29 is 26.4 Å². The number of thioether (sulfide) groups is 1. The van der Waals surface area contributed by atoms with Crippen LogP contribution in [0.2, 0.25) is 0 Å². The van der Waals surface area contributed by atoms with Gasteiger partial charge in [0.25, 0.3) is 0 Å². The van der Waals surface area contributed by atoms with Gasteiger partial charge in [0, 0.05) is 55.7 Å². The van der Waals surface area contributed by atoms with E-state index in [1.807, 2.05) is 6.07 Å². The van der Waals surface area contributed by atoms with Gasteiger partial charge in [0.15, 0.2) is 16.8 Å². The van der Waals surface area contributed by atoms with Crippen LogP contribution in [0.1, 0.15) is 11.1 Å². The standard InChI is InChI=1S/C21H23F2N5O4S2/c1-31-19-11-18(24-21(25-19)33-14-16-3-2-4-17(22)20(16)23)26-34(29,30)28-8-6-27(7-9-28)12-15-5-10-32-13-15/h2-5,10-11,13H,6-9,12,14H2,1H3,(H,24,25,26). The minimum absolute atomic E-state index is 0.0230. The van der Waals surface area contributed by atoms with Crippen molar-refractivity contribution in [3.63, 3.8) is 0 Å². The smallest absolute Gasteiger partial charge is 0.302 e. The Labute approximate surface area is 200 Å². The van der Waals surface area contributed by atoms with E-state index in [9.17, 15) is 17.2 Å². The van der Waals surface area contributed by atoms with Crippen molar-refractivity contribution in [2.75, 3.05) is 38.0 Å². The topological polar surface area (TPSA) is 101 Å². The van der Waals surface area contributed by atoms with Gasteiger partial charge in [0.05, 0.1) is 19.6 Å². The van der Waals surface area contributed by atoms with Gasteiger partial charge in [0.2, 0.25) is 5.88 Å². The molecule has 0 aliphatic carbocycles. The van der Waals surface area contributed by atoms with Gasteiger partial charge >= 0.3 is 10.2 Å². The summed E-state index contributed by atoms with van der Waals surface area (Å²) in [6, 6.07) is 7.15. The number of aromatic nitrogens is 2. The van der Waals surface area contributed by atoms with Crippen LogP contribution < -0.4 is 9.46 Å². The Morgan fingerprint density at radius 3 is 2.68 bits per heavy atom. The largest absolute Gasteiger partial charge is 0.481 e. The predicted molar refractivity (Wildman–Crippen MR) is 123 cm³/mol. The Hall–Kier alpha value is -2.74. The van der Waals surface area contributed by atoms with Gasteiger partial charge in [-0.2, -0.15) is 17.7 Å². The van der Waals surface area contributed by atoms with Crippen LogP contribution >= 0.6 is 11.8 Å². The minimum atomic E-state index is -3.87.